The summed E-state index contributed by atoms with van der Waals surface area (Å²) in [6.45, 7) is 0. The van der Waals surface area contributed by atoms with E-state index in [4.69, 9.17) is 4.74 Å². The molecule has 0 spiro atoms. The van der Waals surface area contributed by atoms with E-state index in [0.29, 0.717) is 11.3 Å². The summed E-state index contributed by atoms with van der Waals surface area (Å²) in [5.41, 5.74) is 2.23. The van der Waals surface area contributed by atoms with Crippen LogP contribution in [0.4, 0.5) is 5.69 Å². The fraction of sp³-hybridized carbons (Fsp3) is 0.188. The van der Waals surface area contributed by atoms with Gasteiger partial charge in [0.1, 0.15) is 6.17 Å². The van der Waals surface area contributed by atoms with Gasteiger partial charge in [-0.25, -0.2) is 0 Å². The van der Waals surface area contributed by atoms with Crippen LogP contribution in [0.3, 0.4) is 0 Å². The van der Waals surface area contributed by atoms with Crippen LogP contribution in [0, 0.1) is 0 Å². The van der Waals surface area contributed by atoms with Crippen LogP contribution in [-0.4, -0.2) is 30.1 Å². The molecule has 1 aliphatic heterocycles. The normalized spacial score (nSPS) is 17.1. The predicted octanol–water partition coefficient (Wildman–Crippen LogP) is 2.60. The number of phenolic OH excluding ortho intramolecular Hbond substituents is 1. The Bertz CT molecular complexity index is 700. The fourth-order valence-corrected chi connectivity index (χ4v) is 2.53. The zero-order valence-corrected chi connectivity index (χ0v) is 11.8. The topological polar surface area (TPSA) is 61.8 Å². The average Bonchev–Trinajstić information content (AvgIpc) is 2.51. The number of ether oxygens (including phenoxy) is 1. The number of hydrogen-bond donors (Lipinski definition) is 2. The molecule has 0 saturated heterocycles. The van der Waals surface area contributed by atoms with Gasteiger partial charge in [-0.15, -0.1) is 0 Å². The third-order valence-electron chi connectivity index (χ3n) is 3.68. The van der Waals surface area contributed by atoms with E-state index in [9.17, 15) is 9.90 Å². The van der Waals surface area contributed by atoms with Crippen LogP contribution < -0.4 is 10.1 Å². The highest BCUT2D eigenvalue weighted by atomic mass is 16.5. The lowest BCUT2D eigenvalue weighted by atomic mass is 10.0. The van der Waals surface area contributed by atoms with Gasteiger partial charge in [-0.2, -0.15) is 0 Å². The Balaban J connectivity index is 2.00. The van der Waals surface area contributed by atoms with Crippen LogP contribution in [0.15, 0.2) is 42.5 Å². The van der Waals surface area contributed by atoms with Crippen molar-refractivity contribution >= 4 is 11.6 Å². The quantitative estimate of drug-likeness (QED) is 0.890. The molecule has 21 heavy (non-hydrogen) atoms. The third-order valence-corrected chi connectivity index (χ3v) is 3.68. The number of carbonyl (C=O) groups excluding carboxylic acids is 1. The molecule has 5 heteroatoms. The smallest absolute Gasteiger partial charge is 0.257 e. The first-order valence-electron chi connectivity index (χ1n) is 6.61. The summed E-state index contributed by atoms with van der Waals surface area (Å²) in [6, 6.07) is 12.5. The first-order chi connectivity index (χ1) is 10.1. The molecule has 2 aromatic rings. The van der Waals surface area contributed by atoms with Crippen molar-refractivity contribution in [3.63, 3.8) is 0 Å². The summed E-state index contributed by atoms with van der Waals surface area (Å²) < 4.78 is 5.04. The summed E-state index contributed by atoms with van der Waals surface area (Å²) in [6.07, 6.45) is -0.329. The Labute approximate surface area is 122 Å². The highest BCUT2D eigenvalue weighted by Crippen LogP contribution is 2.35. The number of phenols is 1. The number of rotatable bonds is 2. The minimum absolute atomic E-state index is 0.0512. The van der Waals surface area contributed by atoms with Gasteiger partial charge in [0.2, 0.25) is 0 Å². The molecular weight excluding hydrogens is 268 g/mol. The number of nitrogens with one attached hydrogen (secondary N) is 1. The summed E-state index contributed by atoms with van der Waals surface area (Å²) in [7, 11) is 3.23. The molecule has 0 aromatic heterocycles. The van der Waals surface area contributed by atoms with Crippen LogP contribution in [0.25, 0.3) is 0 Å². The maximum absolute atomic E-state index is 12.4. The molecule has 2 aromatic carbocycles. The van der Waals surface area contributed by atoms with Crippen LogP contribution >= 0.6 is 0 Å². The van der Waals surface area contributed by atoms with Gasteiger partial charge in [-0.05, 0) is 29.8 Å². The third kappa shape index (κ3) is 2.16. The molecule has 0 fully saturated rings. The summed E-state index contributed by atoms with van der Waals surface area (Å²) in [5.74, 6) is 0.408. The van der Waals surface area contributed by atoms with Crippen molar-refractivity contribution in [3.8, 4) is 11.5 Å². The van der Waals surface area contributed by atoms with Crippen LogP contribution in [0.2, 0.25) is 0 Å². The van der Waals surface area contributed by atoms with Crippen molar-refractivity contribution in [1.82, 2.24) is 4.90 Å². The van der Waals surface area contributed by atoms with Crippen LogP contribution in [-0.2, 0) is 0 Å². The summed E-state index contributed by atoms with van der Waals surface area (Å²) in [5, 5.41) is 13.2. The number of aromatic hydroxyl groups is 1. The Hall–Kier alpha value is -2.69. The number of anilines is 1. The average molecular weight is 284 g/mol. The number of methoxy groups -OCH3 is 1. The zero-order valence-electron chi connectivity index (χ0n) is 11.8. The first-order valence-corrected chi connectivity index (χ1v) is 6.61. The molecule has 0 bridgehead atoms. The number of benzene rings is 2. The zero-order chi connectivity index (χ0) is 15.0. The molecule has 1 amide bonds. The SMILES string of the molecule is COc1ccc(C2Nc3ccccc3C(=O)N2C)cc1O. The molecule has 108 valence electrons. The van der Waals surface area contributed by atoms with Gasteiger partial charge in [-0.1, -0.05) is 18.2 Å². The van der Waals surface area contributed by atoms with E-state index in [1.165, 1.54) is 7.11 Å². The number of carbonyl (C=O) groups is 1. The van der Waals surface area contributed by atoms with Crippen molar-refractivity contribution in [1.29, 1.82) is 0 Å². The second kappa shape index (κ2) is 5.01. The second-order valence-electron chi connectivity index (χ2n) is 4.94. The second-order valence-corrected chi connectivity index (χ2v) is 4.94. The maximum atomic E-state index is 12.4. The Morgan fingerprint density at radius 2 is 2.00 bits per heavy atom. The Kier molecular flexibility index (Phi) is 3.17. The summed E-state index contributed by atoms with van der Waals surface area (Å²) in [4.78, 5) is 14.0. The number of nitrogens with zero attached hydrogens (tertiary/aromatic N) is 1. The standard InChI is InChI=1S/C16H16N2O3/c1-18-15(10-7-8-14(21-2)13(19)9-10)17-12-6-4-3-5-11(12)16(18)20/h3-9,15,17,19H,1-2H3. The molecule has 2 N–H and O–H groups in total. The lowest BCUT2D eigenvalue weighted by Gasteiger charge is -2.35. The van der Waals surface area contributed by atoms with E-state index >= 15 is 0 Å². The lowest BCUT2D eigenvalue weighted by Crippen LogP contribution is -2.40. The first kappa shape index (κ1) is 13.3. The molecule has 0 radical (unpaired) electrons. The number of hydrogen-bond acceptors (Lipinski definition) is 4. The van der Waals surface area contributed by atoms with Crippen molar-refractivity contribution < 1.29 is 14.6 Å². The predicted molar refractivity (Wildman–Crippen MR) is 79.6 cm³/mol. The van der Waals surface area contributed by atoms with Gasteiger partial charge in [0.05, 0.1) is 12.7 Å². The van der Waals surface area contributed by atoms with Crippen LogP contribution in [0.1, 0.15) is 22.1 Å². The van der Waals surface area contributed by atoms with Crippen LogP contribution in [0.5, 0.6) is 11.5 Å². The van der Waals surface area contributed by atoms with E-state index in [2.05, 4.69) is 5.32 Å². The minimum Gasteiger partial charge on any atom is -0.504 e. The van der Waals surface area contributed by atoms with Gasteiger partial charge in [0.25, 0.3) is 5.91 Å². The van der Waals surface area contributed by atoms with Gasteiger partial charge in [-0.3, -0.25) is 4.79 Å². The molecular formula is C16H16N2O3. The summed E-state index contributed by atoms with van der Waals surface area (Å²) >= 11 is 0. The number of amides is 1. The molecule has 1 heterocycles. The Morgan fingerprint density at radius 3 is 2.71 bits per heavy atom. The van der Waals surface area contributed by atoms with E-state index in [-0.39, 0.29) is 17.8 Å². The number of fused-ring (bicyclic) bond motifs is 1. The highest BCUT2D eigenvalue weighted by Gasteiger charge is 2.30. The molecule has 1 atom stereocenters. The van der Waals surface area contributed by atoms with E-state index in [0.717, 1.165) is 11.3 Å². The monoisotopic (exact) mass is 284 g/mol. The minimum atomic E-state index is -0.329. The largest absolute Gasteiger partial charge is 0.504 e. The van der Waals surface area contributed by atoms with Crippen molar-refractivity contribution in [3.05, 3.63) is 53.6 Å². The van der Waals surface area contributed by atoms with E-state index < -0.39 is 0 Å². The molecule has 1 unspecified atom stereocenters. The molecule has 3 rings (SSSR count). The van der Waals surface area contributed by atoms with Gasteiger partial charge < -0.3 is 20.1 Å². The van der Waals surface area contributed by atoms with Gasteiger partial charge >= 0.3 is 0 Å². The van der Waals surface area contributed by atoms with E-state index in [1.54, 1.807) is 30.1 Å². The van der Waals surface area contributed by atoms with Gasteiger partial charge in [0, 0.05) is 12.7 Å². The Morgan fingerprint density at radius 1 is 1.24 bits per heavy atom. The van der Waals surface area contributed by atoms with Gasteiger partial charge in [0.15, 0.2) is 11.5 Å². The molecule has 0 aliphatic carbocycles. The maximum Gasteiger partial charge on any atom is 0.257 e. The molecule has 5 nitrogen and oxygen atoms in total. The highest BCUT2D eigenvalue weighted by molar-refractivity contribution is 6.01. The number of para-hydroxylation sites is 1. The molecule has 0 saturated carbocycles. The fourth-order valence-electron chi connectivity index (χ4n) is 2.53. The van der Waals surface area contributed by atoms with Crippen molar-refractivity contribution in [2.45, 2.75) is 6.17 Å². The lowest BCUT2D eigenvalue weighted by molar-refractivity contribution is 0.0735. The van der Waals surface area contributed by atoms with Crippen molar-refractivity contribution in [2.24, 2.45) is 0 Å². The van der Waals surface area contributed by atoms with E-state index in [1.807, 2.05) is 24.3 Å². The van der Waals surface area contributed by atoms with Crippen molar-refractivity contribution in [2.75, 3.05) is 19.5 Å². The molecule has 1 aliphatic rings.